The van der Waals surface area contributed by atoms with E-state index in [1.54, 1.807) is 0 Å². The number of halogens is 3. The molecule has 0 amide bonds. The van der Waals surface area contributed by atoms with Gasteiger partial charge in [0.1, 0.15) is 5.75 Å². The summed E-state index contributed by atoms with van der Waals surface area (Å²) in [6.45, 7) is 3.80. The Hall–Kier alpha value is -1.97. The lowest BCUT2D eigenvalue weighted by molar-refractivity contribution is -0.137. The highest BCUT2D eigenvalue weighted by Gasteiger charge is 2.31. The van der Waals surface area contributed by atoms with Gasteiger partial charge in [0.25, 0.3) is 0 Å². The Balaban J connectivity index is 2.52. The molecular formula is C15H13F3O. The van der Waals surface area contributed by atoms with E-state index in [1.165, 1.54) is 6.07 Å². The van der Waals surface area contributed by atoms with E-state index in [0.717, 1.165) is 23.3 Å². The van der Waals surface area contributed by atoms with Crippen LogP contribution in [0.25, 0.3) is 11.1 Å². The number of alkyl halides is 3. The zero-order chi connectivity index (χ0) is 14.2. The molecule has 2 rings (SSSR count). The van der Waals surface area contributed by atoms with E-state index in [2.05, 4.69) is 0 Å². The number of phenolic OH excluding ortho intramolecular Hbond substituents is 1. The maximum atomic E-state index is 12.5. The van der Waals surface area contributed by atoms with Crippen LogP contribution in [0.5, 0.6) is 5.75 Å². The molecule has 2 aromatic rings. The van der Waals surface area contributed by atoms with Crippen molar-refractivity contribution < 1.29 is 18.3 Å². The summed E-state index contributed by atoms with van der Waals surface area (Å²) in [6.07, 6.45) is -4.45. The molecule has 0 saturated carbocycles. The first-order chi connectivity index (χ1) is 8.77. The van der Waals surface area contributed by atoms with Crippen molar-refractivity contribution >= 4 is 0 Å². The Morgan fingerprint density at radius 2 is 1.47 bits per heavy atom. The summed E-state index contributed by atoms with van der Waals surface area (Å²) in [7, 11) is 0. The van der Waals surface area contributed by atoms with Gasteiger partial charge in [0.2, 0.25) is 0 Å². The molecule has 4 heteroatoms. The van der Waals surface area contributed by atoms with Gasteiger partial charge in [-0.25, -0.2) is 0 Å². The molecule has 0 atom stereocenters. The molecule has 0 aliphatic heterocycles. The molecular weight excluding hydrogens is 253 g/mol. The summed E-state index contributed by atoms with van der Waals surface area (Å²) in [5, 5.41) is 9.79. The van der Waals surface area contributed by atoms with Crippen LogP contribution in [0.4, 0.5) is 13.2 Å². The number of aryl methyl sites for hydroxylation is 2. The molecule has 19 heavy (non-hydrogen) atoms. The van der Waals surface area contributed by atoms with Crippen LogP contribution >= 0.6 is 0 Å². The summed E-state index contributed by atoms with van der Waals surface area (Å²) in [4.78, 5) is 0. The second kappa shape index (κ2) is 4.61. The number of hydrogen-bond acceptors (Lipinski definition) is 1. The SMILES string of the molecule is Cc1cc(C)cc(-c2ccc(C(F)(F)F)cc2O)c1. The highest BCUT2D eigenvalue weighted by Crippen LogP contribution is 2.36. The fraction of sp³-hybridized carbons (Fsp3) is 0.200. The molecule has 100 valence electrons. The minimum Gasteiger partial charge on any atom is -0.507 e. The smallest absolute Gasteiger partial charge is 0.416 e. The molecule has 0 aromatic heterocycles. The molecule has 2 aromatic carbocycles. The predicted octanol–water partition coefficient (Wildman–Crippen LogP) is 4.69. The first-order valence-corrected chi connectivity index (χ1v) is 5.76. The van der Waals surface area contributed by atoms with E-state index in [9.17, 15) is 18.3 Å². The second-order valence-electron chi connectivity index (χ2n) is 4.61. The Bertz CT molecular complexity index is 595. The summed E-state index contributed by atoms with van der Waals surface area (Å²) < 4.78 is 37.6. The molecule has 0 spiro atoms. The van der Waals surface area contributed by atoms with Crippen LogP contribution in [0.1, 0.15) is 16.7 Å². The van der Waals surface area contributed by atoms with Crippen molar-refractivity contribution in [1.82, 2.24) is 0 Å². The van der Waals surface area contributed by atoms with Gasteiger partial charge in [-0.15, -0.1) is 0 Å². The van der Waals surface area contributed by atoms with Gasteiger partial charge in [0.05, 0.1) is 5.56 Å². The van der Waals surface area contributed by atoms with Gasteiger partial charge < -0.3 is 5.11 Å². The molecule has 0 radical (unpaired) electrons. The maximum absolute atomic E-state index is 12.5. The van der Waals surface area contributed by atoms with Crippen molar-refractivity contribution in [2.24, 2.45) is 0 Å². The molecule has 0 unspecified atom stereocenters. The third-order valence-electron chi connectivity index (χ3n) is 2.86. The third-order valence-corrected chi connectivity index (χ3v) is 2.86. The van der Waals surface area contributed by atoms with Crippen molar-refractivity contribution in [2.75, 3.05) is 0 Å². The zero-order valence-corrected chi connectivity index (χ0v) is 10.5. The molecule has 1 nitrogen and oxygen atoms in total. The molecule has 0 fully saturated rings. The highest BCUT2D eigenvalue weighted by molar-refractivity contribution is 5.71. The summed E-state index contributed by atoms with van der Waals surface area (Å²) >= 11 is 0. The summed E-state index contributed by atoms with van der Waals surface area (Å²) in [5.74, 6) is -0.361. The van der Waals surface area contributed by atoms with Crippen molar-refractivity contribution in [1.29, 1.82) is 0 Å². The number of rotatable bonds is 1. The zero-order valence-electron chi connectivity index (χ0n) is 10.5. The average Bonchev–Trinajstić information content (AvgIpc) is 2.26. The number of benzene rings is 2. The van der Waals surface area contributed by atoms with Crippen molar-refractivity contribution in [3.8, 4) is 16.9 Å². The standard InChI is InChI=1S/C15H13F3O/c1-9-5-10(2)7-11(6-9)13-4-3-12(8-14(13)19)15(16,17)18/h3-8,19H,1-2H3. The second-order valence-corrected chi connectivity index (χ2v) is 4.61. The first kappa shape index (κ1) is 13.5. The fourth-order valence-electron chi connectivity index (χ4n) is 2.08. The lowest BCUT2D eigenvalue weighted by Crippen LogP contribution is -2.04. The average molecular weight is 266 g/mol. The number of hydrogen-bond donors (Lipinski definition) is 1. The molecule has 0 saturated heterocycles. The number of phenols is 1. The van der Waals surface area contributed by atoms with E-state index in [1.807, 2.05) is 32.0 Å². The van der Waals surface area contributed by atoms with Gasteiger partial charge in [-0.05, 0) is 31.5 Å². The van der Waals surface area contributed by atoms with Crippen LogP contribution in [0.3, 0.4) is 0 Å². The lowest BCUT2D eigenvalue weighted by Gasteiger charge is -2.11. The highest BCUT2D eigenvalue weighted by atomic mass is 19.4. The summed E-state index contributed by atoms with van der Waals surface area (Å²) in [5.41, 5.74) is 2.25. The maximum Gasteiger partial charge on any atom is 0.416 e. The summed E-state index contributed by atoms with van der Waals surface area (Å²) in [6, 6.07) is 8.65. The first-order valence-electron chi connectivity index (χ1n) is 5.76. The van der Waals surface area contributed by atoms with E-state index in [0.29, 0.717) is 11.1 Å². The largest absolute Gasteiger partial charge is 0.507 e. The number of aromatic hydroxyl groups is 1. The van der Waals surface area contributed by atoms with Gasteiger partial charge in [0, 0.05) is 5.56 Å². The van der Waals surface area contributed by atoms with Crippen LogP contribution in [-0.4, -0.2) is 5.11 Å². The Morgan fingerprint density at radius 3 is 1.95 bits per heavy atom. The van der Waals surface area contributed by atoms with Crippen LogP contribution in [0.2, 0.25) is 0 Å². The van der Waals surface area contributed by atoms with Crippen LogP contribution in [0.15, 0.2) is 36.4 Å². The van der Waals surface area contributed by atoms with E-state index >= 15 is 0 Å². The van der Waals surface area contributed by atoms with Crippen molar-refractivity contribution in [2.45, 2.75) is 20.0 Å². The van der Waals surface area contributed by atoms with Crippen LogP contribution < -0.4 is 0 Å². The monoisotopic (exact) mass is 266 g/mol. The predicted molar refractivity (Wildman–Crippen MR) is 68.0 cm³/mol. The molecule has 0 aliphatic carbocycles. The molecule has 0 aliphatic rings. The quantitative estimate of drug-likeness (QED) is 0.793. The van der Waals surface area contributed by atoms with E-state index in [4.69, 9.17) is 0 Å². The van der Waals surface area contributed by atoms with Crippen LogP contribution in [-0.2, 0) is 6.18 Å². The van der Waals surface area contributed by atoms with Gasteiger partial charge in [-0.2, -0.15) is 13.2 Å². The van der Waals surface area contributed by atoms with E-state index < -0.39 is 11.7 Å². The van der Waals surface area contributed by atoms with Crippen molar-refractivity contribution in [3.05, 3.63) is 53.1 Å². The van der Waals surface area contributed by atoms with Crippen molar-refractivity contribution in [3.63, 3.8) is 0 Å². The minimum atomic E-state index is -4.45. The van der Waals surface area contributed by atoms with Crippen LogP contribution in [0, 0.1) is 13.8 Å². The molecule has 0 bridgehead atoms. The third kappa shape index (κ3) is 2.89. The van der Waals surface area contributed by atoms with Gasteiger partial charge >= 0.3 is 6.18 Å². The minimum absolute atomic E-state index is 0.361. The molecule has 1 N–H and O–H groups in total. The lowest BCUT2D eigenvalue weighted by atomic mass is 9.99. The Morgan fingerprint density at radius 1 is 0.895 bits per heavy atom. The molecule has 0 heterocycles. The van der Waals surface area contributed by atoms with E-state index in [-0.39, 0.29) is 5.75 Å². The van der Waals surface area contributed by atoms with Gasteiger partial charge in [-0.1, -0.05) is 35.4 Å². The Labute approximate surface area is 109 Å². The fourth-order valence-corrected chi connectivity index (χ4v) is 2.08. The topological polar surface area (TPSA) is 20.2 Å². The normalized spacial score (nSPS) is 11.6. The van der Waals surface area contributed by atoms with Gasteiger partial charge in [0.15, 0.2) is 0 Å². The Kier molecular flexibility index (Phi) is 3.27. The van der Waals surface area contributed by atoms with Gasteiger partial charge in [-0.3, -0.25) is 0 Å².